The monoisotopic (exact) mass is 531 g/mol. The van der Waals surface area contributed by atoms with Crippen LogP contribution in [0.3, 0.4) is 0 Å². The van der Waals surface area contributed by atoms with Crippen LogP contribution in [0.1, 0.15) is 22.8 Å². The van der Waals surface area contributed by atoms with Crippen molar-refractivity contribution in [2.75, 3.05) is 17.7 Å². The van der Waals surface area contributed by atoms with Gasteiger partial charge in [-0.05, 0) is 55.5 Å². The minimum Gasteiger partial charge on any atom is -0.463 e. The van der Waals surface area contributed by atoms with Crippen molar-refractivity contribution < 1.29 is 24.0 Å². The number of nitro benzene ring substituents is 1. The third kappa shape index (κ3) is 8.45. The number of para-hydroxylation sites is 1. The van der Waals surface area contributed by atoms with Crippen LogP contribution in [0.2, 0.25) is 0 Å². The highest BCUT2D eigenvalue weighted by Crippen LogP contribution is 2.23. The first-order chi connectivity index (χ1) is 18.4. The SMILES string of the molecule is CCOC(=O)/C=C/CSc1ccc(NC(=O)/C(=C\c2ccccc2[N+](=O)[O-])NC(=O)c2ccccc2)cc1. The summed E-state index contributed by atoms with van der Waals surface area (Å²) in [6.45, 7) is 2.06. The van der Waals surface area contributed by atoms with Crippen LogP contribution in [0.25, 0.3) is 6.08 Å². The van der Waals surface area contributed by atoms with Gasteiger partial charge in [-0.15, -0.1) is 11.8 Å². The molecule has 0 radical (unpaired) electrons. The zero-order valence-electron chi connectivity index (χ0n) is 20.5. The minimum atomic E-state index is -0.648. The van der Waals surface area contributed by atoms with Crippen LogP contribution in [0.5, 0.6) is 0 Å². The minimum absolute atomic E-state index is 0.157. The second-order valence-corrected chi connectivity index (χ2v) is 8.73. The lowest BCUT2D eigenvalue weighted by Gasteiger charge is -2.12. The maximum atomic E-state index is 13.2. The summed E-state index contributed by atoms with van der Waals surface area (Å²) in [5.74, 6) is -1.02. The number of carbonyl (C=O) groups excluding carboxylic acids is 3. The third-order valence-electron chi connectivity index (χ3n) is 4.96. The highest BCUT2D eigenvalue weighted by Gasteiger charge is 2.18. The van der Waals surface area contributed by atoms with Crippen LogP contribution < -0.4 is 10.6 Å². The first-order valence-corrected chi connectivity index (χ1v) is 12.5. The summed E-state index contributed by atoms with van der Waals surface area (Å²) in [6.07, 6.45) is 4.35. The molecule has 38 heavy (non-hydrogen) atoms. The Morgan fingerprint density at radius 2 is 1.66 bits per heavy atom. The third-order valence-corrected chi connectivity index (χ3v) is 5.93. The number of nitrogens with one attached hydrogen (secondary N) is 2. The number of amides is 2. The van der Waals surface area contributed by atoms with Gasteiger partial charge in [0.1, 0.15) is 5.70 Å². The fourth-order valence-corrected chi connectivity index (χ4v) is 3.90. The molecule has 2 N–H and O–H groups in total. The van der Waals surface area contributed by atoms with Gasteiger partial charge >= 0.3 is 5.97 Å². The van der Waals surface area contributed by atoms with Crippen LogP contribution in [0.15, 0.2) is 102 Å². The van der Waals surface area contributed by atoms with Gasteiger partial charge in [0.15, 0.2) is 0 Å². The second kappa shape index (κ2) is 14.1. The molecular weight excluding hydrogens is 506 g/mol. The topological polar surface area (TPSA) is 128 Å². The van der Waals surface area contributed by atoms with E-state index in [0.717, 1.165) is 4.90 Å². The molecule has 0 aliphatic heterocycles. The zero-order chi connectivity index (χ0) is 27.3. The van der Waals surface area contributed by atoms with Gasteiger partial charge in [-0.3, -0.25) is 19.7 Å². The highest BCUT2D eigenvalue weighted by atomic mass is 32.2. The van der Waals surface area contributed by atoms with Gasteiger partial charge in [-0.2, -0.15) is 0 Å². The molecule has 0 fully saturated rings. The maximum Gasteiger partial charge on any atom is 0.330 e. The van der Waals surface area contributed by atoms with E-state index in [2.05, 4.69) is 10.6 Å². The second-order valence-electron chi connectivity index (χ2n) is 7.64. The fourth-order valence-electron chi connectivity index (χ4n) is 3.19. The molecule has 0 saturated carbocycles. The number of hydrogen-bond acceptors (Lipinski definition) is 7. The van der Waals surface area contributed by atoms with Gasteiger partial charge < -0.3 is 15.4 Å². The zero-order valence-corrected chi connectivity index (χ0v) is 21.3. The number of benzene rings is 3. The molecule has 0 aromatic heterocycles. The average molecular weight is 532 g/mol. The summed E-state index contributed by atoms with van der Waals surface area (Å²) < 4.78 is 4.83. The molecule has 0 unspecified atom stereocenters. The van der Waals surface area contributed by atoms with Crippen molar-refractivity contribution in [1.29, 1.82) is 0 Å². The molecule has 3 aromatic rings. The Morgan fingerprint density at radius 3 is 2.34 bits per heavy atom. The Bertz CT molecular complexity index is 1350. The van der Waals surface area contributed by atoms with Crippen LogP contribution in [0, 0.1) is 10.1 Å². The standard InChI is InChI=1S/C28H25N3O6S/c1-2-37-26(32)13-8-18-38-23-16-14-22(15-17-23)29-28(34)24(30-27(33)20-9-4-3-5-10-20)19-21-11-6-7-12-25(21)31(35)36/h3-17,19H,2,18H2,1H3,(H,29,34)(H,30,33)/b13-8+,24-19+. The summed E-state index contributed by atoms with van der Waals surface area (Å²) >= 11 is 1.49. The lowest BCUT2D eigenvalue weighted by molar-refractivity contribution is -0.385. The van der Waals surface area contributed by atoms with E-state index in [0.29, 0.717) is 23.6 Å². The number of esters is 1. The quantitative estimate of drug-likeness (QED) is 0.114. The smallest absolute Gasteiger partial charge is 0.330 e. The van der Waals surface area contributed by atoms with Crippen molar-refractivity contribution in [3.8, 4) is 0 Å². The summed E-state index contributed by atoms with van der Waals surface area (Å²) in [7, 11) is 0. The van der Waals surface area contributed by atoms with Gasteiger partial charge in [-0.25, -0.2) is 4.79 Å². The number of ether oxygens (including phenoxy) is 1. The van der Waals surface area contributed by atoms with Gasteiger partial charge in [-0.1, -0.05) is 36.4 Å². The largest absolute Gasteiger partial charge is 0.463 e. The molecule has 0 saturated heterocycles. The average Bonchev–Trinajstić information content (AvgIpc) is 2.92. The molecule has 0 aliphatic carbocycles. The maximum absolute atomic E-state index is 13.2. The van der Waals surface area contributed by atoms with Crippen molar-refractivity contribution in [3.63, 3.8) is 0 Å². The van der Waals surface area contributed by atoms with Crippen molar-refractivity contribution in [2.24, 2.45) is 0 Å². The lowest BCUT2D eigenvalue weighted by atomic mass is 10.1. The molecule has 10 heteroatoms. The molecule has 3 aromatic carbocycles. The molecule has 3 rings (SSSR count). The van der Waals surface area contributed by atoms with E-state index in [-0.39, 0.29) is 16.9 Å². The first-order valence-electron chi connectivity index (χ1n) is 11.6. The molecule has 0 bridgehead atoms. The first kappa shape index (κ1) is 27.9. The predicted molar refractivity (Wildman–Crippen MR) is 147 cm³/mol. The van der Waals surface area contributed by atoms with E-state index in [9.17, 15) is 24.5 Å². The van der Waals surface area contributed by atoms with Crippen molar-refractivity contribution in [1.82, 2.24) is 5.32 Å². The number of nitrogens with zero attached hydrogens (tertiary/aromatic N) is 1. The number of nitro groups is 1. The number of thioether (sulfide) groups is 1. The number of rotatable bonds is 11. The Labute approximate surface area is 223 Å². The molecule has 194 valence electrons. The number of carbonyl (C=O) groups is 3. The summed E-state index contributed by atoms with van der Waals surface area (Å²) in [4.78, 5) is 49.1. The molecule has 0 spiro atoms. The van der Waals surface area contributed by atoms with Crippen LogP contribution in [0.4, 0.5) is 11.4 Å². The summed E-state index contributed by atoms with van der Waals surface area (Å²) in [6, 6.07) is 21.2. The van der Waals surface area contributed by atoms with Gasteiger partial charge in [0.2, 0.25) is 0 Å². The molecule has 0 atom stereocenters. The van der Waals surface area contributed by atoms with Crippen molar-refractivity contribution in [3.05, 3.63) is 118 Å². The highest BCUT2D eigenvalue weighted by molar-refractivity contribution is 7.99. The summed E-state index contributed by atoms with van der Waals surface area (Å²) in [5, 5.41) is 16.7. The Kier molecular flexibility index (Phi) is 10.4. The van der Waals surface area contributed by atoms with E-state index >= 15 is 0 Å². The normalized spacial score (nSPS) is 11.1. The fraction of sp³-hybridized carbons (Fsp3) is 0.107. The van der Waals surface area contributed by atoms with Crippen molar-refractivity contribution >= 4 is 47.0 Å². The Morgan fingerprint density at radius 1 is 0.974 bits per heavy atom. The number of anilines is 1. The Hall–Kier alpha value is -4.70. The lowest BCUT2D eigenvalue weighted by Crippen LogP contribution is -2.30. The predicted octanol–water partition coefficient (Wildman–Crippen LogP) is 5.22. The van der Waals surface area contributed by atoms with E-state index in [1.807, 2.05) is 0 Å². The van der Waals surface area contributed by atoms with E-state index < -0.39 is 22.7 Å². The van der Waals surface area contributed by atoms with E-state index in [1.54, 1.807) is 73.7 Å². The molecule has 9 nitrogen and oxygen atoms in total. The van der Waals surface area contributed by atoms with Crippen LogP contribution in [-0.2, 0) is 14.3 Å². The van der Waals surface area contributed by atoms with Gasteiger partial charge in [0, 0.05) is 34.0 Å². The van der Waals surface area contributed by atoms with Crippen LogP contribution in [-0.4, -0.2) is 35.1 Å². The van der Waals surface area contributed by atoms with Crippen molar-refractivity contribution in [2.45, 2.75) is 11.8 Å². The molecule has 2 amide bonds. The molecular formula is C28H25N3O6S. The van der Waals surface area contributed by atoms with E-state index in [4.69, 9.17) is 4.74 Å². The molecule has 0 heterocycles. The number of hydrogen-bond donors (Lipinski definition) is 2. The molecule has 0 aliphatic rings. The van der Waals surface area contributed by atoms with Crippen LogP contribution >= 0.6 is 11.8 Å². The van der Waals surface area contributed by atoms with Gasteiger partial charge in [0.25, 0.3) is 17.5 Å². The Balaban J connectivity index is 1.76. The summed E-state index contributed by atoms with van der Waals surface area (Å²) in [5.41, 5.74) is 0.593. The van der Waals surface area contributed by atoms with Gasteiger partial charge in [0.05, 0.1) is 17.1 Å². The van der Waals surface area contributed by atoms with E-state index in [1.165, 1.54) is 42.1 Å².